The fraction of sp³-hybridized carbons (Fsp3) is 0.200. The Balaban J connectivity index is 2.35. The first-order valence-electron chi connectivity index (χ1n) is 11.5. The van der Waals surface area contributed by atoms with Gasteiger partial charge in [0, 0.05) is 0 Å². The van der Waals surface area contributed by atoms with Crippen molar-refractivity contribution in [3.8, 4) is 11.5 Å². The number of phenols is 2. The van der Waals surface area contributed by atoms with Crippen LogP contribution in [0.3, 0.4) is 0 Å². The molecule has 0 saturated carbocycles. The van der Waals surface area contributed by atoms with Crippen molar-refractivity contribution >= 4 is 27.8 Å². The van der Waals surface area contributed by atoms with Gasteiger partial charge in [0.1, 0.15) is 0 Å². The second-order valence-electron chi connectivity index (χ2n) is 9.15. The van der Waals surface area contributed by atoms with Gasteiger partial charge in [0.2, 0.25) is 0 Å². The summed E-state index contributed by atoms with van der Waals surface area (Å²) in [5.74, 6) is 0.705. The van der Waals surface area contributed by atoms with Crippen molar-refractivity contribution in [1.82, 2.24) is 0 Å². The van der Waals surface area contributed by atoms with Crippen LogP contribution in [0.4, 0.5) is 0 Å². The zero-order chi connectivity index (χ0) is 23.8. The van der Waals surface area contributed by atoms with Crippen molar-refractivity contribution in [2.24, 2.45) is 0 Å². The van der Waals surface area contributed by atoms with Crippen molar-refractivity contribution in [2.75, 3.05) is 6.16 Å². The molecular weight excluding hydrogens is 423 g/mol. The van der Waals surface area contributed by atoms with Crippen LogP contribution >= 0.6 is 6.60 Å². The molecule has 2 N–H and O–H groups in total. The molecule has 3 heteroatoms. The third-order valence-corrected chi connectivity index (χ3v) is 14.3. The van der Waals surface area contributed by atoms with Crippen molar-refractivity contribution < 1.29 is 10.2 Å². The first kappa shape index (κ1) is 23.1. The number of aromatic hydroxyl groups is 2. The standard InChI is InChI=1S/C30H33O2P/c1-6-33(25-13-9-7-10-14-25,26-15-11-8-12-16-26,27-17-21(2)29(31)22(3)18-27)28-19-23(4)30(32)24(5)20-28/h7-20,31-32H,6H2,1-5H3. The normalized spacial score (nSPS) is 12.8. The molecular formula is C30H33O2P. The van der Waals surface area contributed by atoms with Gasteiger partial charge in [0.15, 0.2) is 0 Å². The molecule has 0 unspecified atom stereocenters. The summed E-state index contributed by atoms with van der Waals surface area (Å²) in [6.45, 7) is 6.97. The Morgan fingerprint density at radius 2 is 0.818 bits per heavy atom. The molecule has 0 aliphatic rings. The van der Waals surface area contributed by atoms with Gasteiger partial charge >= 0.3 is 197 Å². The Labute approximate surface area is 197 Å². The van der Waals surface area contributed by atoms with E-state index in [-0.39, 0.29) is 0 Å². The van der Waals surface area contributed by atoms with Gasteiger partial charge in [0.05, 0.1) is 0 Å². The van der Waals surface area contributed by atoms with Gasteiger partial charge in [-0.25, -0.2) is 0 Å². The van der Waals surface area contributed by atoms with Crippen molar-refractivity contribution in [3.05, 3.63) is 107 Å². The van der Waals surface area contributed by atoms with Crippen molar-refractivity contribution in [1.29, 1.82) is 0 Å². The molecule has 0 bridgehead atoms. The van der Waals surface area contributed by atoms with Gasteiger partial charge in [-0.1, -0.05) is 0 Å². The van der Waals surface area contributed by atoms with E-state index in [0.717, 1.165) is 28.4 Å². The Hall–Kier alpha value is -3.09. The zero-order valence-corrected chi connectivity index (χ0v) is 21.0. The number of rotatable bonds is 5. The molecule has 4 aromatic carbocycles. The van der Waals surface area contributed by atoms with Crippen molar-refractivity contribution in [3.63, 3.8) is 0 Å². The monoisotopic (exact) mass is 456 g/mol. The van der Waals surface area contributed by atoms with E-state index >= 15 is 0 Å². The average molecular weight is 457 g/mol. The van der Waals surface area contributed by atoms with Crippen LogP contribution < -0.4 is 21.2 Å². The molecule has 0 spiro atoms. The predicted octanol–water partition coefficient (Wildman–Crippen LogP) is 5.51. The van der Waals surface area contributed by atoms with Crippen LogP contribution in [0.2, 0.25) is 0 Å². The molecule has 0 saturated heterocycles. The summed E-state index contributed by atoms with van der Waals surface area (Å²) in [5.41, 5.74) is 3.52. The summed E-state index contributed by atoms with van der Waals surface area (Å²) >= 11 is 0. The number of aryl methyl sites for hydroxylation is 4. The van der Waals surface area contributed by atoms with Gasteiger partial charge in [-0.2, -0.15) is 0 Å². The summed E-state index contributed by atoms with van der Waals surface area (Å²) in [7, 11) is 0. The fourth-order valence-electron chi connectivity index (χ4n) is 5.57. The van der Waals surface area contributed by atoms with E-state index in [2.05, 4.69) is 91.9 Å². The fourth-order valence-corrected chi connectivity index (χ4v) is 12.4. The summed E-state index contributed by atoms with van der Waals surface area (Å²) in [6.07, 6.45) is 0.882. The quantitative estimate of drug-likeness (QED) is 0.389. The minimum atomic E-state index is -3.25. The molecule has 0 heterocycles. The van der Waals surface area contributed by atoms with Crippen LogP contribution in [-0.4, -0.2) is 16.4 Å². The second-order valence-corrected chi connectivity index (χ2v) is 14.5. The molecule has 2 nitrogen and oxygen atoms in total. The number of phenolic OH excluding ortho intramolecular Hbond substituents is 2. The SMILES string of the molecule is CCP(c1ccccc1)(c1ccccc1)(c1cc(C)c(O)c(C)c1)c1cc(C)c(O)c(C)c1. The van der Waals surface area contributed by atoms with E-state index in [9.17, 15) is 10.2 Å². The zero-order valence-electron chi connectivity index (χ0n) is 20.1. The molecule has 170 valence electrons. The molecule has 0 aliphatic heterocycles. The first-order chi connectivity index (χ1) is 15.8. The Kier molecular flexibility index (Phi) is 5.85. The average Bonchev–Trinajstić information content (AvgIpc) is 2.83. The molecule has 4 aromatic rings. The van der Waals surface area contributed by atoms with Gasteiger partial charge in [0.25, 0.3) is 0 Å². The molecule has 0 radical (unpaired) electrons. The number of hydrogen-bond donors (Lipinski definition) is 2. The van der Waals surface area contributed by atoms with Crippen LogP contribution in [0.15, 0.2) is 84.9 Å². The van der Waals surface area contributed by atoms with E-state index in [1.54, 1.807) is 0 Å². The summed E-state index contributed by atoms with van der Waals surface area (Å²) < 4.78 is 0. The predicted molar refractivity (Wildman–Crippen MR) is 144 cm³/mol. The summed E-state index contributed by atoms with van der Waals surface area (Å²) in [6, 6.07) is 30.4. The second kappa shape index (κ2) is 8.36. The summed E-state index contributed by atoms with van der Waals surface area (Å²) in [4.78, 5) is 0. The van der Waals surface area contributed by atoms with Crippen LogP contribution in [0.1, 0.15) is 29.2 Å². The molecule has 0 aliphatic carbocycles. The van der Waals surface area contributed by atoms with E-state index < -0.39 is 6.60 Å². The van der Waals surface area contributed by atoms with Crippen LogP contribution in [0.5, 0.6) is 11.5 Å². The Morgan fingerprint density at radius 1 is 0.515 bits per heavy atom. The van der Waals surface area contributed by atoms with Crippen LogP contribution in [0, 0.1) is 27.7 Å². The Bertz CT molecular complexity index is 1160. The number of hydrogen-bond acceptors (Lipinski definition) is 2. The maximum atomic E-state index is 10.7. The molecule has 33 heavy (non-hydrogen) atoms. The first-order valence-corrected chi connectivity index (χ1v) is 13.9. The van der Waals surface area contributed by atoms with E-state index in [1.807, 2.05) is 27.7 Å². The van der Waals surface area contributed by atoms with Gasteiger partial charge < -0.3 is 0 Å². The summed E-state index contributed by atoms with van der Waals surface area (Å²) in [5, 5.41) is 26.4. The van der Waals surface area contributed by atoms with Crippen molar-refractivity contribution in [2.45, 2.75) is 34.6 Å². The molecule has 4 rings (SSSR count). The molecule has 0 aromatic heterocycles. The number of benzene rings is 4. The molecule has 0 fully saturated rings. The topological polar surface area (TPSA) is 40.5 Å². The molecule has 0 amide bonds. The van der Waals surface area contributed by atoms with Gasteiger partial charge in [-0.3, -0.25) is 0 Å². The van der Waals surface area contributed by atoms with E-state index in [0.29, 0.717) is 11.5 Å². The third-order valence-electron chi connectivity index (χ3n) is 7.38. The van der Waals surface area contributed by atoms with Crippen LogP contribution in [0.25, 0.3) is 0 Å². The third kappa shape index (κ3) is 3.20. The molecule has 0 atom stereocenters. The maximum absolute atomic E-state index is 10.7. The Morgan fingerprint density at radius 3 is 1.09 bits per heavy atom. The minimum absolute atomic E-state index is 0.352. The van der Waals surface area contributed by atoms with E-state index in [4.69, 9.17) is 0 Å². The van der Waals surface area contributed by atoms with Gasteiger partial charge in [-0.05, 0) is 0 Å². The van der Waals surface area contributed by atoms with Crippen LogP contribution in [-0.2, 0) is 0 Å². The van der Waals surface area contributed by atoms with E-state index in [1.165, 1.54) is 21.2 Å². The van der Waals surface area contributed by atoms with Gasteiger partial charge in [-0.15, -0.1) is 0 Å².